The Balaban J connectivity index is 1.90. The zero-order valence-corrected chi connectivity index (χ0v) is 15.5. The Kier molecular flexibility index (Phi) is 4.61. The van der Waals surface area contributed by atoms with E-state index < -0.39 is 0 Å². The van der Waals surface area contributed by atoms with Crippen LogP contribution in [0.25, 0.3) is 22.0 Å². The molecule has 0 aliphatic rings. The van der Waals surface area contributed by atoms with Crippen LogP contribution in [0.15, 0.2) is 78.9 Å². The van der Waals surface area contributed by atoms with Crippen LogP contribution in [0.5, 0.6) is 0 Å². The predicted octanol–water partition coefficient (Wildman–Crippen LogP) is 6.12. The highest BCUT2D eigenvalue weighted by Gasteiger charge is 2.20. The number of pyridine rings is 1. The summed E-state index contributed by atoms with van der Waals surface area (Å²) in [4.78, 5) is 17.8. The number of nitrogens with zero attached hydrogens (tertiary/aromatic N) is 1. The quantitative estimate of drug-likeness (QED) is 0.471. The van der Waals surface area contributed by atoms with E-state index in [0.717, 1.165) is 22.0 Å². The summed E-state index contributed by atoms with van der Waals surface area (Å²) in [5.74, 6) is -0.188. The van der Waals surface area contributed by atoms with Gasteiger partial charge in [0.15, 0.2) is 0 Å². The molecule has 0 spiro atoms. The van der Waals surface area contributed by atoms with Crippen LogP contribution in [-0.2, 0) is 0 Å². The van der Waals surface area contributed by atoms with Crippen molar-refractivity contribution in [2.75, 3.05) is 5.32 Å². The van der Waals surface area contributed by atoms with Crippen LogP contribution in [0.2, 0.25) is 5.02 Å². The maximum Gasteiger partial charge on any atom is 0.258 e. The fourth-order valence-corrected chi connectivity index (χ4v) is 3.37. The second kappa shape index (κ2) is 7.22. The van der Waals surface area contributed by atoms with Crippen LogP contribution in [-0.4, -0.2) is 10.9 Å². The highest BCUT2D eigenvalue weighted by molar-refractivity contribution is 6.30. The number of fused-ring (bicyclic) bond motifs is 1. The summed E-state index contributed by atoms with van der Waals surface area (Å²) >= 11 is 5.94. The first-order valence-corrected chi connectivity index (χ1v) is 9.03. The van der Waals surface area contributed by atoms with Crippen molar-refractivity contribution in [3.63, 3.8) is 0 Å². The van der Waals surface area contributed by atoms with Gasteiger partial charge in [-0.3, -0.25) is 9.78 Å². The Morgan fingerprint density at radius 3 is 2.30 bits per heavy atom. The lowest BCUT2D eigenvalue weighted by Gasteiger charge is -2.16. The molecule has 0 unspecified atom stereocenters. The number of rotatable bonds is 3. The Morgan fingerprint density at radius 2 is 1.56 bits per heavy atom. The number of carbonyl (C=O) groups is 1. The van der Waals surface area contributed by atoms with Crippen LogP contribution < -0.4 is 5.32 Å². The summed E-state index contributed by atoms with van der Waals surface area (Å²) in [5, 5.41) is 4.54. The van der Waals surface area contributed by atoms with Gasteiger partial charge in [-0.15, -0.1) is 0 Å². The Hall–Kier alpha value is -3.17. The van der Waals surface area contributed by atoms with Crippen molar-refractivity contribution in [3.05, 3.63) is 95.1 Å². The van der Waals surface area contributed by atoms with Gasteiger partial charge >= 0.3 is 0 Å². The molecule has 3 nitrogen and oxygen atoms in total. The maximum atomic E-state index is 13.2. The van der Waals surface area contributed by atoms with Crippen molar-refractivity contribution >= 4 is 34.1 Å². The van der Waals surface area contributed by atoms with E-state index in [9.17, 15) is 4.79 Å². The second-order valence-electron chi connectivity index (χ2n) is 6.29. The zero-order valence-electron chi connectivity index (χ0n) is 14.7. The standard InChI is InChI=1S/C23H17ClN2O/c1-15-21(23(27)26-18-13-11-17(24)12-14-18)22(16-7-3-2-4-8-16)19-9-5-6-10-20(19)25-15/h2-14H,1H3,(H,26,27). The van der Waals surface area contributed by atoms with E-state index in [1.54, 1.807) is 24.3 Å². The first-order chi connectivity index (χ1) is 13.1. The maximum absolute atomic E-state index is 13.2. The van der Waals surface area contributed by atoms with Gasteiger partial charge in [0.2, 0.25) is 0 Å². The minimum Gasteiger partial charge on any atom is -0.322 e. The first-order valence-electron chi connectivity index (χ1n) is 8.65. The summed E-state index contributed by atoms with van der Waals surface area (Å²) < 4.78 is 0. The number of hydrogen-bond donors (Lipinski definition) is 1. The molecule has 0 aliphatic heterocycles. The molecule has 4 heteroatoms. The molecule has 27 heavy (non-hydrogen) atoms. The summed E-state index contributed by atoms with van der Waals surface area (Å²) in [6, 6.07) is 24.9. The number of aryl methyl sites for hydroxylation is 1. The number of hydrogen-bond acceptors (Lipinski definition) is 2. The minimum atomic E-state index is -0.188. The average Bonchev–Trinajstić information content (AvgIpc) is 2.69. The molecule has 0 atom stereocenters. The molecule has 0 aliphatic carbocycles. The molecule has 4 aromatic rings. The van der Waals surface area contributed by atoms with E-state index in [0.29, 0.717) is 22.0 Å². The summed E-state index contributed by atoms with van der Waals surface area (Å²) in [5.41, 5.74) is 4.72. The lowest BCUT2D eigenvalue weighted by molar-refractivity contribution is 0.102. The smallest absolute Gasteiger partial charge is 0.258 e. The second-order valence-corrected chi connectivity index (χ2v) is 6.73. The highest BCUT2D eigenvalue weighted by Crippen LogP contribution is 2.33. The van der Waals surface area contributed by atoms with Crippen LogP contribution >= 0.6 is 11.6 Å². The lowest BCUT2D eigenvalue weighted by atomic mass is 9.94. The molecule has 132 valence electrons. The molecule has 0 radical (unpaired) electrons. The van der Waals surface area contributed by atoms with Crippen LogP contribution in [0.4, 0.5) is 5.69 Å². The number of benzene rings is 3. The van der Waals surface area contributed by atoms with Gasteiger partial charge < -0.3 is 5.32 Å². The van der Waals surface area contributed by atoms with Crippen molar-refractivity contribution in [2.24, 2.45) is 0 Å². The van der Waals surface area contributed by atoms with Crippen molar-refractivity contribution in [3.8, 4) is 11.1 Å². The topological polar surface area (TPSA) is 42.0 Å². The zero-order chi connectivity index (χ0) is 18.8. The third-order valence-corrected chi connectivity index (χ3v) is 4.72. The largest absolute Gasteiger partial charge is 0.322 e. The predicted molar refractivity (Wildman–Crippen MR) is 111 cm³/mol. The highest BCUT2D eigenvalue weighted by atomic mass is 35.5. The molecule has 4 rings (SSSR count). The third-order valence-electron chi connectivity index (χ3n) is 4.46. The van der Waals surface area contributed by atoms with E-state index in [1.807, 2.05) is 61.5 Å². The number of carbonyl (C=O) groups excluding carboxylic acids is 1. The third kappa shape index (κ3) is 3.42. The summed E-state index contributed by atoms with van der Waals surface area (Å²) in [6.07, 6.45) is 0. The normalized spacial score (nSPS) is 10.7. The number of aromatic nitrogens is 1. The fraction of sp³-hybridized carbons (Fsp3) is 0.0435. The van der Waals surface area contributed by atoms with E-state index >= 15 is 0 Å². The number of anilines is 1. The molecule has 1 N–H and O–H groups in total. The minimum absolute atomic E-state index is 0.188. The molecular weight excluding hydrogens is 356 g/mol. The van der Waals surface area contributed by atoms with Gasteiger partial charge in [-0.05, 0) is 42.8 Å². The molecule has 1 heterocycles. The van der Waals surface area contributed by atoms with Crippen molar-refractivity contribution < 1.29 is 4.79 Å². The van der Waals surface area contributed by atoms with Crippen molar-refractivity contribution in [2.45, 2.75) is 6.92 Å². The number of amides is 1. The van der Waals surface area contributed by atoms with Crippen molar-refractivity contribution in [1.29, 1.82) is 0 Å². The van der Waals surface area contributed by atoms with Crippen molar-refractivity contribution in [1.82, 2.24) is 4.98 Å². The Labute approximate surface area is 162 Å². The monoisotopic (exact) mass is 372 g/mol. The van der Waals surface area contributed by atoms with Crippen LogP contribution in [0, 0.1) is 6.92 Å². The number of nitrogens with one attached hydrogen (secondary N) is 1. The SMILES string of the molecule is Cc1nc2ccccc2c(-c2ccccc2)c1C(=O)Nc1ccc(Cl)cc1. The van der Waals surface area contributed by atoms with Gasteiger partial charge in [0, 0.05) is 21.7 Å². The fourth-order valence-electron chi connectivity index (χ4n) is 3.24. The number of halogens is 1. The van der Waals surface area contributed by atoms with Gasteiger partial charge in [0.25, 0.3) is 5.91 Å². The molecule has 0 fully saturated rings. The van der Waals surface area contributed by atoms with Gasteiger partial charge in [-0.2, -0.15) is 0 Å². The Bertz CT molecular complexity index is 1120. The lowest BCUT2D eigenvalue weighted by Crippen LogP contribution is -2.16. The molecule has 0 saturated heterocycles. The van der Waals surface area contributed by atoms with Gasteiger partial charge in [-0.1, -0.05) is 60.1 Å². The summed E-state index contributed by atoms with van der Waals surface area (Å²) in [6.45, 7) is 1.87. The van der Waals surface area contributed by atoms with Gasteiger partial charge in [0.1, 0.15) is 0 Å². The molecule has 3 aromatic carbocycles. The average molecular weight is 373 g/mol. The first kappa shape index (κ1) is 17.3. The van der Waals surface area contributed by atoms with E-state index in [-0.39, 0.29) is 5.91 Å². The molecule has 0 saturated carbocycles. The number of para-hydroxylation sites is 1. The van der Waals surface area contributed by atoms with E-state index in [2.05, 4.69) is 10.3 Å². The van der Waals surface area contributed by atoms with Gasteiger partial charge in [-0.25, -0.2) is 0 Å². The van der Waals surface area contributed by atoms with Gasteiger partial charge in [0.05, 0.1) is 16.8 Å². The Morgan fingerprint density at radius 1 is 0.889 bits per heavy atom. The van der Waals surface area contributed by atoms with E-state index in [1.165, 1.54) is 0 Å². The molecule has 1 amide bonds. The summed E-state index contributed by atoms with van der Waals surface area (Å²) in [7, 11) is 0. The van der Waals surface area contributed by atoms with Crippen LogP contribution in [0.3, 0.4) is 0 Å². The van der Waals surface area contributed by atoms with E-state index in [4.69, 9.17) is 11.6 Å². The molecule has 1 aromatic heterocycles. The molecule has 0 bridgehead atoms. The molecular formula is C23H17ClN2O. The van der Waals surface area contributed by atoms with Crippen LogP contribution in [0.1, 0.15) is 16.1 Å².